The second-order valence-corrected chi connectivity index (χ2v) is 3.59. The van der Waals surface area contributed by atoms with Crippen LogP contribution in [0, 0.1) is 0 Å². The molecular weight excluding hydrogens is 188 g/mol. The van der Waals surface area contributed by atoms with E-state index in [9.17, 15) is 0 Å². The van der Waals surface area contributed by atoms with Gasteiger partial charge in [0.15, 0.2) is 0 Å². The van der Waals surface area contributed by atoms with Gasteiger partial charge in [-0.15, -0.1) is 11.6 Å². The highest BCUT2D eigenvalue weighted by molar-refractivity contribution is 6.16. The largest absolute Gasteiger partial charge is 0.390 e. The molecule has 3 nitrogen and oxygen atoms in total. The number of alkyl halides is 1. The van der Waals surface area contributed by atoms with Crippen molar-refractivity contribution in [1.29, 1.82) is 0 Å². The number of aliphatic hydroxyl groups is 1. The van der Waals surface area contributed by atoms with E-state index >= 15 is 0 Å². The Labute approximate surface area is 82.4 Å². The van der Waals surface area contributed by atoms with E-state index in [2.05, 4.69) is 9.55 Å². The van der Waals surface area contributed by atoms with Crippen LogP contribution in [0.3, 0.4) is 0 Å². The molecule has 1 aromatic heterocycles. The second-order valence-electron chi connectivity index (χ2n) is 3.32. The number of aliphatic hydroxyl groups excluding tert-OH is 1. The Bertz CT molecular complexity index is 280. The van der Waals surface area contributed by atoms with Gasteiger partial charge >= 0.3 is 0 Å². The average molecular weight is 201 g/mol. The van der Waals surface area contributed by atoms with Gasteiger partial charge in [0.05, 0.1) is 18.2 Å². The third kappa shape index (κ3) is 1.46. The van der Waals surface area contributed by atoms with Crippen LogP contribution in [-0.4, -0.2) is 14.7 Å². The van der Waals surface area contributed by atoms with Crippen molar-refractivity contribution in [2.75, 3.05) is 0 Å². The lowest BCUT2D eigenvalue weighted by Gasteiger charge is -2.16. The van der Waals surface area contributed by atoms with E-state index < -0.39 is 0 Å². The molecule has 0 unspecified atom stereocenters. The predicted octanol–water partition coefficient (Wildman–Crippen LogP) is 1.45. The highest BCUT2D eigenvalue weighted by Gasteiger charge is 2.18. The van der Waals surface area contributed by atoms with Gasteiger partial charge in [-0.2, -0.15) is 0 Å². The maximum absolute atomic E-state index is 9.08. The minimum Gasteiger partial charge on any atom is -0.390 e. The van der Waals surface area contributed by atoms with E-state index in [0.717, 1.165) is 24.5 Å². The van der Waals surface area contributed by atoms with Crippen molar-refractivity contribution in [3.8, 4) is 0 Å². The van der Waals surface area contributed by atoms with Crippen LogP contribution in [0.1, 0.15) is 30.1 Å². The number of nitrogens with zero attached hydrogens (tertiary/aromatic N) is 2. The van der Waals surface area contributed by atoms with Crippen LogP contribution >= 0.6 is 11.6 Å². The van der Waals surface area contributed by atoms with Gasteiger partial charge in [-0.3, -0.25) is 0 Å². The summed E-state index contributed by atoms with van der Waals surface area (Å²) in [6, 6.07) is 0. The first-order valence-corrected chi connectivity index (χ1v) is 5.14. The molecule has 0 saturated carbocycles. The van der Waals surface area contributed by atoms with Crippen LogP contribution in [0.4, 0.5) is 0 Å². The SMILES string of the molecule is OCc1nc(CCl)n2c1CCCC2. The van der Waals surface area contributed by atoms with Crippen molar-refractivity contribution in [3.63, 3.8) is 0 Å². The minimum atomic E-state index is 0.0340. The second kappa shape index (κ2) is 3.68. The first kappa shape index (κ1) is 9.03. The number of hydrogen-bond acceptors (Lipinski definition) is 2. The van der Waals surface area contributed by atoms with Crippen LogP contribution in [-0.2, 0) is 25.5 Å². The van der Waals surface area contributed by atoms with E-state index in [0.29, 0.717) is 5.88 Å². The molecule has 2 heterocycles. The summed E-state index contributed by atoms with van der Waals surface area (Å²) < 4.78 is 2.15. The molecule has 0 spiro atoms. The highest BCUT2D eigenvalue weighted by Crippen LogP contribution is 2.21. The molecule has 0 fully saturated rings. The number of aromatic nitrogens is 2. The molecule has 13 heavy (non-hydrogen) atoms. The normalized spacial score (nSPS) is 15.8. The topological polar surface area (TPSA) is 38.1 Å². The molecule has 0 radical (unpaired) electrons. The van der Waals surface area contributed by atoms with Gasteiger partial charge in [0.1, 0.15) is 5.82 Å². The molecule has 1 aromatic rings. The summed E-state index contributed by atoms with van der Waals surface area (Å²) in [5, 5.41) is 9.08. The zero-order valence-electron chi connectivity index (χ0n) is 7.46. The molecule has 1 aliphatic rings. The summed E-state index contributed by atoms with van der Waals surface area (Å²) in [5.74, 6) is 1.34. The van der Waals surface area contributed by atoms with Gasteiger partial charge < -0.3 is 9.67 Å². The van der Waals surface area contributed by atoms with Gasteiger partial charge in [-0.1, -0.05) is 0 Å². The summed E-state index contributed by atoms with van der Waals surface area (Å²) >= 11 is 5.77. The Kier molecular flexibility index (Phi) is 2.56. The summed E-state index contributed by atoms with van der Waals surface area (Å²) in [5.41, 5.74) is 2.00. The number of hydrogen-bond donors (Lipinski definition) is 1. The molecule has 0 aromatic carbocycles. The lowest BCUT2D eigenvalue weighted by molar-refractivity contribution is 0.275. The van der Waals surface area contributed by atoms with Crippen molar-refractivity contribution >= 4 is 11.6 Å². The van der Waals surface area contributed by atoms with Crippen molar-refractivity contribution in [2.45, 2.75) is 38.3 Å². The Morgan fingerprint density at radius 1 is 1.46 bits per heavy atom. The van der Waals surface area contributed by atoms with Gasteiger partial charge in [-0.05, 0) is 19.3 Å². The summed E-state index contributed by atoms with van der Waals surface area (Å²) in [6.45, 7) is 1.04. The number of imidazole rings is 1. The van der Waals surface area contributed by atoms with Crippen molar-refractivity contribution < 1.29 is 5.11 Å². The zero-order valence-corrected chi connectivity index (χ0v) is 8.22. The van der Waals surface area contributed by atoms with Crippen molar-refractivity contribution in [2.24, 2.45) is 0 Å². The molecule has 1 aliphatic heterocycles. The molecule has 0 saturated heterocycles. The number of fused-ring (bicyclic) bond motifs is 1. The fourth-order valence-corrected chi connectivity index (χ4v) is 2.13. The maximum atomic E-state index is 9.08. The van der Waals surface area contributed by atoms with Crippen molar-refractivity contribution in [3.05, 3.63) is 17.2 Å². The molecule has 0 amide bonds. The number of halogens is 1. The lowest BCUT2D eigenvalue weighted by atomic mass is 10.1. The Balaban J connectivity index is 2.44. The molecule has 72 valence electrons. The van der Waals surface area contributed by atoms with Crippen LogP contribution in [0.25, 0.3) is 0 Å². The molecule has 0 aliphatic carbocycles. The molecule has 2 rings (SSSR count). The lowest BCUT2D eigenvalue weighted by Crippen LogP contribution is -2.12. The number of rotatable bonds is 2. The Hall–Kier alpha value is -0.540. The van der Waals surface area contributed by atoms with Crippen molar-refractivity contribution in [1.82, 2.24) is 9.55 Å². The third-order valence-electron chi connectivity index (χ3n) is 2.55. The summed E-state index contributed by atoms with van der Waals surface area (Å²) in [7, 11) is 0. The van der Waals surface area contributed by atoms with E-state index in [1.54, 1.807) is 0 Å². The van der Waals surface area contributed by atoms with Crippen LogP contribution < -0.4 is 0 Å². The average Bonchev–Trinajstić information content (AvgIpc) is 2.56. The fraction of sp³-hybridized carbons (Fsp3) is 0.667. The molecule has 0 atom stereocenters. The predicted molar refractivity (Wildman–Crippen MR) is 50.6 cm³/mol. The maximum Gasteiger partial charge on any atom is 0.124 e. The quantitative estimate of drug-likeness (QED) is 0.734. The van der Waals surface area contributed by atoms with E-state index in [1.807, 2.05) is 0 Å². The molecule has 0 bridgehead atoms. The van der Waals surface area contributed by atoms with Crippen LogP contribution in [0.2, 0.25) is 0 Å². The third-order valence-corrected chi connectivity index (χ3v) is 2.79. The monoisotopic (exact) mass is 200 g/mol. The summed E-state index contributed by atoms with van der Waals surface area (Å²) in [6.07, 6.45) is 3.41. The fourth-order valence-electron chi connectivity index (χ4n) is 1.93. The first-order chi connectivity index (χ1) is 6.36. The summed E-state index contributed by atoms with van der Waals surface area (Å²) in [4.78, 5) is 4.31. The van der Waals surface area contributed by atoms with Gasteiger partial charge in [0.25, 0.3) is 0 Å². The smallest absolute Gasteiger partial charge is 0.124 e. The van der Waals surface area contributed by atoms with Gasteiger partial charge in [0, 0.05) is 12.2 Å². The Morgan fingerprint density at radius 2 is 2.31 bits per heavy atom. The van der Waals surface area contributed by atoms with Crippen LogP contribution in [0.5, 0.6) is 0 Å². The van der Waals surface area contributed by atoms with E-state index in [-0.39, 0.29) is 6.61 Å². The van der Waals surface area contributed by atoms with E-state index in [1.165, 1.54) is 18.5 Å². The van der Waals surface area contributed by atoms with Gasteiger partial charge in [-0.25, -0.2) is 4.98 Å². The molecular formula is C9H13ClN2O. The first-order valence-electron chi connectivity index (χ1n) is 4.60. The standard InChI is InChI=1S/C9H13ClN2O/c10-5-9-11-7(6-13)8-3-1-2-4-12(8)9/h13H,1-6H2. The van der Waals surface area contributed by atoms with Gasteiger partial charge in [0.2, 0.25) is 0 Å². The molecule has 4 heteroatoms. The zero-order chi connectivity index (χ0) is 9.26. The minimum absolute atomic E-state index is 0.0340. The van der Waals surface area contributed by atoms with E-state index in [4.69, 9.17) is 16.7 Å². The highest BCUT2D eigenvalue weighted by atomic mass is 35.5. The van der Waals surface area contributed by atoms with Crippen LogP contribution in [0.15, 0.2) is 0 Å². The Morgan fingerprint density at radius 3 is 3.00 bits per heavy atom. The molecule has 1 N–H and O–H groups in total.